The summed E-state index contributed by atoms with van der Waals surface area (Å²) >= 11 is 11.8. The zero-order valence-corrected chi connectivity index (χ0v) is 16.6. The largest absolute Gasteiger partial charge is 0.480 e. The summed E-state index contributed by atoms with van der Waals surface area (Å²) < 4.78 is 15.7. The monoisotopic (exact) mass is 423 g/mol. The first-order chi connectivity index (χ1) is 13.3. The van der Waals surface area contributed by atoms with Gasteiger partial charge in [-0.25, -0.2) is 9.59 Å². The maximum Gasteiger partial charge on any atom is 0.345 e. The van der Waals surface area contributed by atoms with Gasteiger partial charge in [0, 0.05) is 10.7 Å². The van der Waals surface area contributed by atoms with Crippen molar-refractivity contribution < 1.29 is 23.8 Å². The smallest absolute Gasteiger partial charge is 0.345 e. The Bertz CT molecular complexity index is 885. The van der Waals surface area contributed by atoms with Crippen molar-refractivity contribution in [3.05, 3.63) is 70.2 Å². The topological polar surface area (TPSA) is 87.8 Å². The molecule has 0 aliphatic carbocycles. The molecule has 0 amide bonds. The van der Waals surface area contributed by atoms with Crippen LogP contribution in [-0.2, 0) is 19.1 Å². The third-order valence-corrected chi connectivity index (χ3v) is 4.09. The molecule has 0 saturated carbocycles. The second kappa shape index (κ2) is 10.0. The number of ether oxygens (including phenoxy) is 3. The molecule has 0 aliphatic heterocycles. The molecule has 0 aromatic heterocycles. The molecule has 0 fully saturated rings. The van der Waals surface area contributed by atoms with Crippen LogP contribution in [0.1, 0.15) is 18.6 Å². The Labute approximate surface area is 172 Å². The molecule has 0 radical (unpaired) electrons. The van der Waals surface area contributed by atoms with Gasteiger partial charge in [-0.15, -0.1) is 0 Å². The summed E-state index contributed by atoms with van der Waals surface area (Å²) in [5.41, 5.74) is 6.68. The first kappa shape index (κ1) is 21.6. The fourth-order valence-corrected chi connectivity index (χ4v) is 2.75. The van der Waals surface area contributed by atoms with Crippen LogP contribution in [0, 0.1) is 0 Å². The lowest BCUT2D eigenvalue weighted by atomic mass is 10.0. The second-order valence-electron chi connectivity index (χ2n) is 5.65. The molecule has 2 N–H and O–H groups in total. The summed E-state index contributed by atoms with van der Waals surface area (Å²) in [6.07, 6.45) is -1.07. The molecule has 6 nitrogen and oxygen atoms in total. The maximum atomic E-state index is 12.3. The Morgan fingerprint density at radius 3 is 2.57 bits per heavy atom. The summed E-state index contributed by atoms with van der Waals surface area (Å²) in [5.74, 6) is -1.14. The van der Waals surface area contributed by atoms with Crippen LogP contribution in [0.2, 0.25) is 10.0 Å². The van der Waals surface area contributed by atoms with E-state index in [0.29, 0.717) is 16.3 Å². The van der Waals surface area contributed by atoms with E-state index >= 15 is 0 Å². The lowest BCUT2D eigenvalue weighted by molar-refractivity contribution is -0.152. The number of halogens is 2. The van der Waals surface area contributed by atoms with Crippen LogP contribution in [0.3, 0.4) is 0 Å². The normalized spacial score (nSPS) is 11.4. The Morgan fingerprint density at radius 2 is 1.93 bits per heavy atom. The molecule has 0 aliphatic rings. The van der Waals surface area contributed by atoms with Crippen LogP contribution in [0.5, 0.6) is 5.75 Å². The van der Waals surface area contributed by atoms with Gasteiger partial charge in [0.05, 0.1) is 17.2 Å². The van der Waals surface area contributed by atoms with Crippen LogP contribution in [0.4, 0.5) is 5.69 Å². The van der Waals surface area contributed by atoms with Crippen molar-refractivity contribution in [2.75, 3.05) is 18.9 Å². The second-order valence-corrected chi connectivity index (χ2v) is 6.49. The Hall–Kier alpha value is -2.70. The molecule has 8 heteroatoms. The van der Waals surface area contributed by atoms with Crippen molar-refractivity contribution in [2.45, 2.75) is 13.0 Å². The third-order valence-electron chi connectivity index (χ3n) is 3.56. The highest BCUT2D eigenvalue weighted by Crippen LogP contribution is 2.29. The number of nitrogens with two attached hydrogens (primary N) is 1. The van der Waals surface area contributed by atoms with Gasteiger partial charge >= 0.3 is 11.9 Å². The molecule has 148 valence electrons. The van der Waals surface area contributed by atoms with E-state index in [2.05, 4.69) is 6.58 Å². The van der Waals surface area contributed by atoms with Gasteiger partial charge in [0.1, 0.15) is 5.75 Å². The van der Waals surface area contributed by atoms with Crippen molar-refractivity contribution in [3.63, 3.8) is 0 Å². The van der Waals surface area contributed by atoms with E-state index in [0.717, 1.165) is 0 Å². The zero-order valence-electron chi connectivity index (χ0n) is 15.1. The average Bonchev–Trinajstić information content (AvgIpc) is 2.65. The molecular weight excluding hydrogens is 405 g/mol. The Kier molecular flexibility index (Phi) is 7.72. The van der Waals surface area contributed by atoms with E-state index in [1.165, 1.54) is 12.1 Å². The number of nitrogen functional groups attached to an aromatic ring is 1. The standard InChI is InChI=1S/C20H19Cl2NO5/c1-3-26-20(25)12(2)19(13-5-4-6-15(23)9-13)28-18(24)11-27-17-8-7-14(21)10-16(17)22/h4-10,19H,2-3,11,23H2,1H3. The summed E-state index contributed by atoms with van der Waals surface area (Å²) in [4.78, 5) is 24.4. The summed E-state index contributed by atoms with van der Waals surface area (Å²) in [6, 6.07) is 11.2. The van der Waals surface area contributed by atoms with E-state index < -0.39 is 24.6 Å². The van der Waals surface area contributed by atoms with Crippen molar-refractivity contribution in [3.8, 4) is 5.75 Å². The minimum Gasteiger partial charge on any atom is -0.480 e. The van der Waals surface area contributed by atoms with E-state index in [9.17, 15) is 9.59 Å². The number of carbonyl (C=O) groups excluding carboxylic acids is 2. The molecule has 0 bridgehead atoms. The van der Waals surface area contributed by atoms with E-state index in [-0.39, 0.29) is 23.0 Å². The predicted molar refractivity (Wildman–Crippen MR) is 107 cm³/mol. The first-order valence-corrected chi connectivity index (χ1v) is 9.06. The number of carbonyl (C=O) groups is 2. The molecule has 0 spiro atoms. The van der Waals surface area contributed by atoms with Crippen LogP contribution in [0.25, 0.3) is 0 Å². The SMILES string of the molecule is C=C(C(=O)OCC)C(OC(=O)COc1ccc(Cl)cc1Cl)c1cccc(N)c1. The van der Waals surface area contributed by atoms with Crippen molar-refractivity contribution in [1.29, 1.82) is 0 Å². The average molecular weight is 424 g/mol. The highest BCUT2D eigenvalue weighted by Gasteiger charge is 2.26. The molecule has 1 atom stereocenters. The zero-order chi connectivity index (χ0) is 20.7. The Morgan fingerprint density at radius 1 is 1.18 bits per heavy atom. The molecule has 28 heavy (non-hydrogen) atoms. The molecule has 2 aromatic carbocycles. The summed E-state index contributed by atoms with van der Waals surface area (Å²) in [5, 5.41) is 0.691. The fraction of sp³-hybridized carbons (Fsp3) is 0.200. The van der Waals surface area contributed by atoms with Crippen LogP contribution in [-0.4, -0.2) is 25.2 Å². The van der Waals surface area contributed by atoms with Crippen molar-refractivity contribution in [2.24, 2.45) is 0 Å². The molecule has 2 rings (SSSR count). The lowest BCUT2D eigenvalue weighted by Crippen LogP contribution is -2.23. The molecule has 2 aromatic rings. The molecular formula is C20H19Cl2NO5. The third kappa shape index (κ3) is 5.90. The number of anilines is 1. The quantitative estimate of drug-likeness (QED) is 0.385. The van der Waals surface area contributed by atoms with Gasteiger partial charge in [-0.3, -0.25) is 0 Å². The molecule has 0 heterocycles. The molecule has 0 saturated heterocycles. The van der Waals surface area contributed by atoms with Gasteiger partial charge < -0.3 is 19.9 Å². The van der Waals surface area contributed by atoms with E-state index in [4.69, 9.17) is 43.1 Å². The van der Waals surface area contributed by atoms with Crippen molar-refractivity contribution >= 4 is 40.8 Å². The number of hydrogen-bond donors (Lipinski definition) is 1. The van der Waals surface area contributed by atoms with Crippen LogP contribution >= 0.6 is 23.2 Å². The minimum absolute atomic E-state index is 0.0367. The maximum absolute atomic E-state index is 12.3. The lowest BCUT2D eigenvalue weighted by Gasteiger charge is -2.20. The van der Waals surface area contributed by atoms with Crippen LogP contribution in [0.15, 0.2) is 54.6 Å². The predicted octanol–water partition coefficient (Wildman–Crippen LogP) is 4.36. The number of rotatable bonds is 8. The molecule has 1 unspecified atom stereocenters. The van der Waals surface area contributed by atoms with Gasteiger partial charge in [0.2, 0.25) is 0 Å². The van der Waals surface area contributed by atoms with E-state index in [1.54, 1.807) is 37.3 Å². The van der Waals surface area contributed by atoms with Gasteiger partial charge in [-0.05, 0) is 42.8 Å². The highest BCUT2D eigenvalue weighted by molar-refractivity contribution is 6.35. The summed E-state index contributed by atoms with van der Waals surface area (Å²) in [7, 11) is 0. The highest BCUT2D eigenvalue weighted by atomic mass is 35.5. The van der Waals surface area contributed by atoms with E-state index in [1.807, 2.05) is 0 Å². The van der Waals surface area contributed by atoms with Gasteiger partial charge in [0.25, 0.3) is 0 Å². The number of hydrogen-bond acceptors (Lipinski definition) is 6. The number of benzene rings is 2. The first-order valence-electron chi connectivity index (χ1n) is 8.30. The summed E-state index contributed by atoms with van der Waals surface area (Å²) in [6.45, 7) is 5.09. The number of esters is 2. The fourth-order valence-electron chi connectivity index (χ4n) is 2.29. The van der Waals surface area contributed by atoms with Crippen molar-refractivity contribution in [1.82, 2.24) is 0 Å². The minimum atomic E-state index is -1.07. The Balaban J connectivity index is 2.13. The van der Waals surface area contributed by atoms with Gasteiger partial charge in [0.15, 0.2) is 12.7 Å². The van der Waals surface area contributed by atoms with Gasteiger partial charge in [-0.2, -0.15) is 0 Å². The van der Waals surface area contributed by atoms with Crippen LogP contribution < -0.4 is 10.5 Å². The van der Waals surface area contributed by atoms with Gasteiger partial charge in [-0.1, -0.05) is 41.9 Å².